The first-order valence-electron chi connectivity index (χ1n) is 7.39. The predicted octanol–water partition coefficient (Wildman–Crippen LogP) is 1.27. The average Bonchev–Trinajstić information content (AvgIpc) is 2.83. The van der Waals surface area contributed by atoms with Gasteiger partial charge in [0.2, 0.25) is 5.91 Å². The lowest BCUT2D eigenvalue weighted by molar-refractivity contribution is -0.137. The van der Waals surface area contributed by atoms with Crippen molar-refractivity contribution in [2.75, 3.05) is 13.2 Å². The maximum atomic E-state index is 12.5. The third-order valence-corrected chi connectivity index (χ3v) is 4.42. The van der Waals surface area contributed by atoms with Gasteiger partial charge in [0.1, 0.15) is 0 Å². The molecule has 104 valence electrons. The Kier molecular flexibility index (Phi) is 5.01. The zero-order valence-corrected chi connectivity index (χ0v) is 11.2. The summed E-state index contributed by atoms with van der Waals surface area (Å²) in [5, 5.41) is 8.91. The number of likely N-dealkylation sites (tertiary alicyclic amines) is 1. The molecule has 0 aromatic heterocycles. The summed E-state index contributed by atoms with van der Waals surface area (Å²) in [7, 11) is 0. The summed E-state index contributed by atoms with van der Waals surface area (Å²) < 4.78 is 0. The third-order valence-electron chi connectivity index (χ3n) is 4.42. The maximum Gasteiger partial charge on any atom is 0.225 e. The van der Waals surface area contributed by atoms with Crippen LogP contribution in [0.2, 0.25) is 0 Å². The van der Waals surface area contributed by atoms with Gasteiger partial charge < -0.3 is 15.7 Å². The molecule has 1 aliphatic carbocycles. The number of carbonyl (C=O) groups is 1. The molecule has 0 spiro atoms. The van der Waals surface area contributed by atoms with Crippen molar-refractivity contribution in [1.29, 1.82) is 0 Å². The van der Waals surface area contributed by atoms with Crippen molar-refractivity contribution in [3.63, 3.8) is 0 Å². The van der Waals surface area contributed by atoms with Crippen molar-refractivity contribution in [2.24, 2.45) is 11.7 Å². The van der Waals surface area contributed by atoms with E-state index in [0.717, 1.165) is 57.9 Å². The molecule has 1 saturated carbocycles. The first kappa shape index (κ1) is 13.8. The summed E-state index contributed by atoms with van der Waals surface area (Å²) in [6, 6.07) is 0.578. The zero-order chi connectivity index (χ0) is 13.0. The van der Waals surface area contributed by atoms with Crippen molar-refractivity contribution in [3.8, 4) is 0 Å². The van der Waals surface area contributed by atoms with E-state index in [1.807, 2.05) is 0 Å². The van der Waals surface area contributed by atoms with Crippen LogP contribution in [0.25, 0.3) is 0 Å². The predicted molar refractivity (Wildman–Crippen MR) is 71.0 cm³/mol. The second-order valence-electron chi connectivity index (χ2n) is 5.82. The Morgan fingerprint density at radius 2 is 2.11 bits per heavy atom. The largest absolute Gasteiger partial charge is 0.396 e. The highest BCUT2D eigenvalue weighted by molar-refractivity contribution is 5.79. The molecule has 3 N–H and O–H groups in total. The van der Waals surface area contributed by atoms with Gasteiger partial charge in [-0.1, -0.05) is 6.42 Å². The Bertz CT molecular complexity index is 283. The molecular weight excluding hydrogens is 228 g/mol. The van der Waals surface area contributed by atoms with Crippen molar-refractivity contribution >= 4 is 5.91 Å². The second kappa shape index (κ2) is 6.53. The van der Waals surface area contributed by atoms with E-state index in [0.29, 0.717) is 11.9 Å². The molecule has 3 atom stereocenters. The number of nitrogens with two attached hydrogens (primary N) is 1. The number of hydrogen-bond acceptors (Lipinski definition) is 3. The van der Waals surface area contributed by atoms with Gasteiger partial charge >= 0.3 is 0 Å². The summed E-state index contributed by atoms with van der Waals surface area (Å²) >= 11 is 0. The van der Waals surface area contributed by atoms with Crippen molar-refractivity contribution < 1.29 is 9.90 Å². The van der Waals surface area contributed by atoms with Gasteiger partial charge in [-0.2, -0.15) is 0 Å². The van der Waals surface area contributed by atoms with Crippen LogP contribution >= 0.6 is 0 Å². The fourth-order valence-corrected chi connectivity index (χ4v) is 3.44. The molecule has 4 heteroatoms. The van der Waals surface area contributed by atoms with Crippen LogP contribution in [0.15, 0.2) is 0 Å². The molecular formula is C14H26N2O2. The first-order chi connectivity index (χ1) is 8.72. The van der Waals surface area contributed by atoms with Crippen LogP contribution in [0.4, 0.5) is 0 Å². The molecule has 1 heterocycles. The molecule has 0 bridgehead atoms. The van der Waals surface area contributed by atoms with Crippen molar-refractivity contribution in [1.82, 2.24) is 4.90 Å². The number of carbonyl (C=O) groups excluding carboxylic acids is 1. The smallest absolute Gasteiger partial charge is 0.225 e. The number of aliphatic hydroxyl groups excluding tert-OH is 1. The normalized spacial score (nSPS) is 32.8. The van der Waals surface area contributed by atoms with E-state index in [4.69, 9.17) is 10.8 Å². The number of aliphatic hydroxyl groups is 1. The Morgan fingerprint density at radius 3 is 2.83 bits per heavy atom. The Morgan fingerprint density at radius 1 is 1.28 bits per heavy atom. The van der Waals surface area contributed by atoms with E-state index in [1.165, 1.54) is 0 Å². The van der Waals surface area contributed by atoms with Crippen LogP contribution in [0.3, 0.4) is 0 Å². The number of amides is 1. The molecule has 0 aromatic rings. The lowest BCUT2D eigenvalue weighted by Crippen LogP contribution is -2.43. The zero-order valence-electron chi connectivity index (χ0n) is 11.2. The van der Waals surface area contributed by atoms with Gasteiger partial charge in [0.15, 0.2) is 0 Å². The van der Waals surface area contributed by atoms with Gasteiger partial charge in [-0.05, 0) is 44.9 Å². The topological polar surface area (TPSA) is 66.6 Å². The van der Waals surface area contributed by atoms with Gasteiger partial charge in [0, 0.05) is 31.2 Å². The summed E-state index contributed by atoms with van der Waals surface area (Å²) in [6.07, 6.45) is 7.99. The van der Waals surface area contributed by atoms with Crippen LogP contribution in [-0.4, -0.2) is 41.1 Å². The quantitative estimate of drug-likeness (QED) is 0.794. The van der Waals surface area contributed by atoms with E-state index in [9.17, 15) is 4.79 Å². The molecule has 2 aliphatic rings. The number of nitrogens with zero attached hydrogens (tertiary/aromatic N) is 1. The summed E-state index contributed by atoms with van der Waals surface area (Å²) in [4.78, 5) is 14.6. The molecule has 0 aromatic carbocycles. The minimum atomic E-state index is 0.156. The highest BCUT2D eigenvalue weighted by Crippen LogP contribution is 2.29. The third kappa shape index (κ3) is 3.23. The van der Waals surface area contributed by atoms with Crippen LogP contribution in [0.1, 0.15) is 51.4 Å². The highest BCUT2D eigenvalue weighted by atomic mass is 16.3. The lowest BCUT2D eigenvalue weighted by Gasteiger charge is -2.32. The van der Waals surface area contributed by atoms with Gasteiger partial charge in [-0.15, -0.1) is 0 Å². The number of rotatable bonds is 4. The van der Waals surface area contributed by atoms with Gasteiger partial charge in [0.05, 0.1) is 0 Å². The van der Waals surface area contributed by atoms with E-state index in [-0.39, 0.29) is 18.6 Å². The molecule has 18 heavy (non-hydrogen) atoms. The van der Waals surface area contributed by atoms with E-state index in [1.54, 1.807) is 0 Å². The maximum absolute atomic E-state index is 12.5. The highest BCUT2D eigenvalue weighted by Gasteiger charge is 2.34. The first-order valence-corrected chi connectivity index (χ1v) is 7.39. The summed E-state index contributed by atoms with van der Waals surface area (Å²) in [5.74, 6) is 0.481. The second-order valence-corrected chi connectivity index (χ2v) is 5.82. The van der Waals surface area contributed by atoms with Crippen LogP contribution in [0, 0.1) is 5.92 Å². The van der Waals surface area contributed by atoms with E-state index >= 15 is 0 Å². The fraction of sp³-hybridized carbons (Fsp3) is 0.929. The monoisotopic (exact) mass is 254 g/mol. The number of hydrogen-bond donors (Lipinski definition) is 2. The van der Waals surface area contributed by atoms with Crippen LogP contribution in [-0.2, 0) is 4.79 Å². The molecule has 3 unspecified atom stereocenters. The Balaban J connectivity index is 1.90. The Hall–Kier alpha value is -0.610. The van der Waals surface area contributed by atoms with Crippen molar-refractivity contribution in [3.05, 3.63) is 0 Å². The minimum absolute atomic E-state index is 0.156. The Labute approximate surface area is 110 Å². The summed E-state index contributed by atoms with van der Waals surface area (Å²) in [6.45, 7) is 1.13. The standard InChI is InChI=1S/C14H26N2O2/c15-12-5-1-4-11(10-12)14(18)16-8-2-6-13(16)7-3-9-17/h11-13,17H,1-10,15H2. The lowest BCUT2D eigenvalue weighted by atomic mass is 9.85. The molecule has 1 aliphatic heterocycles. The molecule has 2 fully saturated rings. The van der Waals surface area contributed by atoms with E-state index < -0.39 is 0 Å². The van der Waals surface area contributed by atoms with Crippen LogP contribution < -0.4 is 5.73 Å². The SMILES string of the molecule is NC1CCCC(C(=O)N2CCCC2CCCO)C1. The molecule has 1 amide bonds. The summed E-state index contributed by atoms with van der Waals surface area (Å²) in [5.41, 5.74) is 5.97. The van der Waals surface area contributed by atoms with Gasteiger partial charge in [-0.25, -0.2) is 0 Å². The van der Waals surface area contributed by atoms with Gasteiger partial charge in [0.25, 0.3) is 0 Å². The minimum Gasteiger partial charge on any atom is -0.396 e. The molecule has 0 radical (unpaired) electrons. The molecule has 4 nitrogen and oxygen atoms in total. The average molecular weight is 254 g/mol. The van der Waals surface area contributed by atoms with Crippen molar-refractivity contribution in [2.45, 2.75) is 63.5 Å². The van der Waals surface area contributed by atoms with E-state index in [2.05, 4.69) is 4.90 Å². The molecule has 1 saturated heterocycles. The fourth-order valence-electron chi connectivity index (χ4n) is 3.44. The van der Waals surface area contributed by atoms with Gasteiger partial charge in [-0.3, -0.25) is 4.79 Å². The molecule has 2 rings (SSSR count). The van der Waals surface area contributed by atoms with Crippen LogP contribution in [0.5, 0.6) is 0 Å².